The Bertz CT molecular complexity index is 1490. The van der Waals surface area contributed by atoms with Crippen LogP contribution in [0.5, 0.6) is 5.75 Å². The third-order valence-electron chi connectivity index (χ3n) is 7.07. The van der Waals surface area contributed by atoms with Gasteiger partial charge in [0.15, 0.2) is 5.69 Å². The van der Waals surface area contributed by atoms with E-state index in [2.05, 4.69) is 49.5 Å². The van der Waals surface area contributed by atoms with Crippen LogP contribution in [0.25, 0.3) is 16.6 Å². The van der Waals surface area contributed by atoms with Gasteiger partial charge in [-0.15, -0.1) is 0 Å². The molecule has 0 unspecified atom stereocenters. The third-order valence-corrected chi connectivity index (χ3v) is 7.07. The SMILES string of the molecule is C=COC(=O)c1ncn2c1COc1c(CCN3CCN(c4cccc5nc(C)ncc45)CC3)cccc1-2. The van der Waals surface area contributed by atoms with Gasteiger partial charge in [0, 0.05) is 50.0 Å². The maximum absolute atomic E-state index is 12.2. The second-order valence-corrected chi connectivity index (χ2v) is 9.24. The van der Waals surface area contributed by atoms with Gasteiger partial charge in [-0.25, -0.2) is 19.7 Å². The molecular formula is C28H28N6O3. The molecule has 0 spiro atoms. The molecule has 9 heteroatoms. The number of para-hydroxylation sites is 1. The van der Waals surface area contributed by atoms with Gasteiger partial charge in [-0.05, 0) is 37.1 Å². The van der Waals surface area contributed by atoms with Crippen LogP contribution in [0.4, 0.5) is 5.69 Å². The molecule has 4 aromatic rings. The molecule has 2 aliphatic rings. The summed E-state index contributed by atoms with van der Waals surface area (Å²) in [6, 6.07) is 12.4. The highest BCUT2D eigenvalue weighted by Gasteiger charge is 2.27. The van der Waals surface area contributed by atoms with E-state index >= 15 is 0 Å². The van der Waals surface area contributed by atoms with Crippen molar-refractivity contribution in [2.45, 2.75) is 20.0 Å². The molecule has 0 saturated carbocycles. The summed E-state index contributed by atoms with van der Waals surface area (Å²) in [4.78, 5) is 30.4. The first-order valence-electron chi connectivity index (χ1n) is 12.4. The summed E-state index contributed by atoms with van der Waals surface area (Å²) < 4.78 is 13.0. The zero-order valence-corrected chi connectivity index (χ0v) is 20.8. The largest absolute Gasteiger partial charge is 0.485 e. The summed E-state index contributed by atoms with van der Waals surface area (Å²) >= 11 is 0. The van der Waals surface area contributed by atoms with Crippen LogP contribution in [0, 0.1) is 6.92 Å². The zero-order chi connectivity index (χ0) is 25.4. The molecule has 37 heavy (non-hydrogen) atoms. The predicted molar refractivity (Wildman–Crippen MR) is 140 cm³/mol. The molecule has 0 bridgehead atoms. The summed E-state index contributed by atoms with van der Waals surface area (Å²) in [6.07, 6.45) is 5.58. The molecule has 0 radical (unpaired) electrons. The Kier molecular flexibility index (Phi) is 6.05. The second-order valence-electron chi connectivity index (χ2n) is 9.24. The Morgan fingerprint density at radius 1 is 1.11 bits per heavy atom. The summed E-state index contributed by atoms with van der Waals surface area (Å²) in [6.45, 7) is 10.5. The van der Waals surface area contributed by atoms with Crippen LogP contribution < -0.4 is 9.64 Å². The number of piperazine rings is 1. The fourth-order valence-corrected chi connectivity index (χ4v) is 5.19. The number of nitrogens with zero attached hydrogens (tertiary/aromatic N) is 6. The van der Waals surface area contributed by atoms with E-state index in [1.165, 1.54) is 5.69 Å². The average Bonchev–Trinajstić information content (AvgIpc) is 3.37. The molecule has 1 fully saturated rings. The molecule has 1 saturated heterocycles. The van der Waals surface area contributed by atoms with Gasteiger partial charge in [0.05, 0.1) is 23.2 Å². The van der Waals surface area contributed by atoms with Crippen molar-refractivity contribution in [1.82, 2.24) is 24.4 Å². The lowest BCUT2D eigenvalue weighted by molar-refractivity contribution is 0.0654. The number of esters is 1. The highest BCUT2D eigenvalue weighted by Crippen LogP contribution is 2.35. The summed E-state index contributed by atoms with van der Waals surface area (Å²) in [5.41, 5.74) is 5.17. The monoisotopic (exact) mass is 496 g/mol. The molecule has 2 aromatic heterocycles. The Morgan fingerprint density at radius 3 is 2.76 bits per heavy atom. The van der Waals surface area contributed by atoms with Crippen molar-refractivity contribution in [1.29, 1.82) is 0 Å². The molecule has 0 atom stereocenters. The number of aryl methyl sites for hydroxylation is 1. The van der Waals surface area contributed by atoms with E-state index in [1.54, 1.807) is 6.33 Å². The van der Waals surface area contributed by atoms with Gasteiger partial charge in [-0.1, -0.05) is 24.8 Å². The maximum atomic E-state index is 12.2. The number of aromatic nitrogens is 4. The van der Waals surface area contributed by atoms with Crippen molar-refractivity contribution in [2.75, 3.05) is 37.6 Å². The Morgan fingerprint density at radius 2 is 1.92 bits per heavy atom. The average molecular weight is 497 g/mol. The normalized spacial score (nSPS) is 15.1. The lowest BCUT2D eigenvalue weighted by Crippen LogP contribution is -2.47. The molecule has 9 nitrogen and oxygen atoms in total. The van der Waals surface area contributed by atoms with Crippen molar-refractivity contribution in [3.63, 3.8) is 0 Å². The molecule has 188 valence electrons. The molecule has 2 aromatic carbocycles. The van der Waals surface area contributed by atoms with Gasteiger partial charge in [0.25, 0.3) is 0 Å². The Balaban J connectivity index is 1.13. The number of imidazole rings is 1. The van der Waals surface area contributed by atoms with Gasteiger partial charge in [-0.2, -0.15) is 0 Å². The predicted octanol–water partition coefficient (Wildman–Crippen LogP) is 3.68. The smallest absolute Gasteiger partial charge is 0.363 e. The Hall–Kier alpha value is -4.24. The molecule has 0 amide bonds. The van der Waals surface area contributed by atoms with Crippen LogP contribution >= 0.6 is 0 Å². The fourth-order valence-electron chi connectivity index (χ4n) is 5.19. The molecule has 6 rings (SSSR count). The van der Waals surface area contributed by atoms with E-state index in [-0.39, 0.29) is 12.3 Å². The van der Waals surface area contributed by atoms with Gasteiger partial charge in [-0.3, -0.25) is 9.47 Å². The van der Waals surface area contributed by atoms with Gasteiger partial charge < -0.3 is 14.4 Å². The van der Waals surface area contributed by atoms with Gasteiger partial charge >= 0.3 is 5.97 Å². The van der Waals surface area contributed by atoms with E-state index < -0.39 is 5.97 Å². The first-order chi connectivity index (χ1) is 18.1. The van der Waals surface area contributed by atoms with Gasteiger partial charge in [0.2, 0.25) is 0 Å². The number of rotatable bonds is 6. The standard InChI is InChI=1S/C28H28N6O3/c1-3-36-28(35)26-25-17-37-27-20(6-4-9-24(27)34(25)18-30-26)10-11-32-12-14-33(15-13-32)23-8-5-7-22-21(23)16-29-19(2)31-22/h3-9,16,18H,1,10-15,17H2,2H3. The number of hydrogen-bond acceptors (Lipinski definition) is 8. The lowest BCUT2D eigenvalue weighted by Gasteiger charge is -2.36. The Labute approximate surface area is 215 Å². The summed E-state index contributed by atoms with van der Waals surface area (Å²) in [5, 5.41) is 1.11. The van der Waals surface area contributed by atoms with Crippen molar-refractivity contribution < 1.29 is 14.3 Å². The number of ether oxygens (including phenoxy) is 2. The minimum absolute atomic E-state index is 0.252. The number of benzene rings is 2. The van der Waals surface area contributed by atoms with Crippen LogP contribution in [-0.2, 0) is 17.8 Å². The third kappa shape index (κ3) is 4.31. The number of carbonyl (C=O) groups excluding carboxylic acids is 1. The molecule has 2 aliphatic heterocycles. The minimum Gasteiger partial charge on any atom is -0.485 e. The van der Waals surface area contributed by atoms with E-state index in [0.717, 1.165) is 79.1 Å². The zero-order valence-electron chi connectivity index (χ0n) is 20.8. The van der Waals surface area contributed by atoms with E-state index in [0.29, 0.717) is 5.69 Å². The number of fused-ring (bicyclic) bond motifs is 4. The van der Waals surface area contributed by atoms with Crippen LogP contribution in [0.2, 0.25) is 0 Å². The van der Waals surface area contributed by atoms with Crippen molar-refractivity contribution >= 4 is 22.6 Å². The van der Waals surface area contributed by atoms with Crippen LogP contribution in [0.1, 0.15) is 27.6 Å². The number of anilines is 1. The topological polar surface area (TPSA) is 85.6 Å². The highest BCUT2D eigenvalue weighted by atomic mass is 16.5. The molecular weight excluding hydrogens is 468 g/mol. The van der Waals surface area contributed by atoms with E-state index in [4.69, 9.17) is 9.47 Å². The molecule has 0 aliphatic carbocycles. The van der Waals surface area contributed by atoms with Crippen LogP contribution in [0.3, 0.4) is 0 Å². The fraction of sp³-hybridized carbons (Fsp3) is 0.286. The number of carbonyl (C=O) groups is 1. The summed E-state index contributed by atoms with van der Waals surface area (Å²) in [7, 11) is 0. The highest BCUT2D eigenvalue weighted by molar-refractivity contribution is 5.91. The van der Waals surface area contributed by atoms with E-state index in [9.17, 15) is 4.79 Å². The first kappa shape index (κ1) is 23.2. The van der Waals surface area contributed by atoms with Crippen LogP contribution in [0.15, 0.2) is 61.8 Å². The van der Waals surface area contributed by atoms with E-state index in [1.807, 2.05) is 35.9 Å². The lowest BCUT2D eigenvalue weighted by atomic mass is 10.1. The second kappa shape index (κ2) is 9.67. The van der Waals surface area contributed by atoms with Gasteiger partial charge in [0.1, 0.15) is 24.5 Å². The summed E-state index contributed by atoms with van der Waals surface area (Å²) in [5.74, 6) is 1.11. The quantitative estimate of drug-likeness (QED) is 0.295. The minimum atomic E-state index is -0.530. The van der Waals surface area contributed by atoms with Crippen molar-refractivity contribution in [3.05, 3.63) is 84.5 Å². The van der Waals surface area contributed by atoms with Crippen molar-refractivity contribution in [3.8, 4) is 11.4 Å². The number of hydrogen-bond donors (Lipinski definition) is 0. The van der Waals surface area contributed by atoms with Crippen molar-refractivity contribution in [2.24, 2.45) is 0 Å². The molecule has 4 heterocycles. The maximum Gasteiger partial charge on any atom is 0.363 e. The van der Waals surface area contributed by atoms with Crippen LogP contribution in [-0.4, -0.2) is 63.1 Å². The molecule has 0 N–H and O–H groups in total. The first-order valence-corrected chi connectivity index (χ1v) is 12.4.